The first-order valence-corrected chi connectivity index (χ1v) is 5.38. The molecule has 18 heavy (non-hydrogen) atoms. The predicted molar refractivity (Wildman–Crippen MR) is 66.0 cm³/mol. The maximum Gasteiger partial charge on any atom is 0.166 e. The van der Waals surface area contributed by atoms with Crippen molar-refractivity contribution in [1.82, 2.24) is 0 Å². The van der Waals surface area contributed by atoms with Crippen molar-refractivity contribution in [2.45, 2.75) is 0 Å². The summed E-state index contributed by atoms with van der Waals surface area (Å²) >= 11 is 0. The average Bonchev–Trinajstić information content (AvgIpc) is 2.42. The Balaban J connectivity index is 2.21. The van der Waals surface area contributed by atoms with E-state index in [2.05, 4.69) is 0 Å². The van der Waals surface area contributed by atoms with Crippen LogP contribution < -0.4 is 14.2 Å². The lowest BCUT2D eigenvalue weighted by Gasteiger charge is -2.09. The normalized spacial score (nSPS) is 9.94. The van der Waals surface area contributed by atoms with E-state index in [1.807, 2.05) is 0 Å². The van der Waals surface area contributed by atoms with Crippen molar-refractivity contribution in [2.24, 2.45) is 0 Å². The van der Waals surface area contributed by atoms with Crippen LogP contribution in [0.5, 0.6) is 23.0 Å². The Morgan fingerprint density at radius 2 is 1.33 bits per heavy atom. The summed E-state index contributed by atoms with van der Waals surface area (Å²) in [5, 5.41) is 0. The molecule has 0 fully saturated rings. The van der Waals surface area contributed by atoms with Gasteiger partial charge in [-0.2, -0.15) is 0 Å². The third kappa shape index (κ3) is 2.71. The lowest BCUT2D eigenvalue weighted by atomic mass is 10.3. The Hall–Kier alpha value is -2.23. The first-order valence-electron chi connectivity index (χ1n) is 5.38. The largest absolute Gasteiger partial charge is 0.497 e. The number of halogens is 1. The zero-order chi connectivity index (χ0) is 13.0. The van der Waals surface area contributed by atoms with Crippen LogP contribution in [0.1, 0.15) is 0 Å². The Morgan fingerprint density at radius 1 is 0.778 bits per heavy atom. The second kappa shape index (κ2) is 5.40. The topological polar surface area (TPSA) is 27.7 Å². The molecule has 4 heteroatoms. The molecule has 0 atom stereocenters. The molecule has 0 radical (unpaired) electrons. The van der Waals surface area contributed by atoms with Gasteiger partial charge in [0.05, 0.1) is 14.2 Å². The molecule has 0 saturated carbocycles. The SMILES string of the molecule is COc1ccc(Oc2cc(OC)ccc2F)cc1. The summed E-state index contributed by atoms with van der Waals surface area (Å²) < 4.78 is 29.0. The third-order valence-corrected chi connectivity index (χ3v) is 2.43. The van der Waals surface area contributed by atoms with Crippen LogP contribution in [0.15, 0.2) is 42.5 Å². The fourth-order valence-electron chi connectivity index (χ4n) is 1.46. The second-order valence-corrected chi connectivity index (χ2v) is 3.57. The van der Waals surface area contributed by atoms with Gasteiger partial charge in [0.1, 0.15) is 17.2 Å². The lowest BCUT2D eigenvalue weighted by Crippen LogP contribution is -1.90. The van der Waals surface area contributed by atoms with Crippen molar-refractivity contribution in [3.05, 3.63) is 48.3 Å². The quantitative estimate of drug-likeness (QED) is 0.826. The van der Waals surface area contributed by atoms with Crippen LogP contribution >= 0.6 is 0 Å². The molecule has 2 aromatic carbocycles. The molecule has 0 unspecified atom stereocenters. The molecular formula is C14H13FO3. The molecule has 2 aromatic rings. The minimum Gasteiger partial charge on any atom is -0.497 e. The van der Waals surface area contributed by atoms with Crippen molar-refractivity contribution in [3.63, 3.8) is 0 Å². The Morgan fingerprint density at radius 3 is 1.94 bits per heavy atom. The third-order valence-electron chi connectivity index (χ3n) is 2.43. The molecule has 3 nitrogen and oxygen atoms in total. The van der Waals surface area contributed by atoms with Gasteiger partial charge in [-0.1, -0.05) is 0 Å². The highest BCUT2D eigenvalue weighted by molar-refractivity contribution is 5.39. The van der Waals surface area contributed by atoms with Crippen LogP contribution in [0, 0.1) is 5.82 Å². The zero-order valence-corrected chi connectivity index (χ0v) is 10.1. The number of hydrogen-bond acceptors (Lipinski definition) is 3. The minimum absolute atomic E-state index is 0.125. The van der Waals surface area contributed by atoms with Gasteiger partial charge in [0.2, 0.25) is 0 Å². The molecule has 0 aliphatic rings. The molecule has 0 amide bonds. The molecule has 0 heterocycles. The molecule has 94 valence electrons. The van der Waals surface area contributed by atoms with E-state index < -0.39 is 5.82 Å². The lowest BCUT2D eigenvalue weighted by molar-refractivity contribution is 0.399. The summed E-state index contributed by atoms with van der Waals surface area (Å²) in [5.74, 6) is 1.47. The highest BCUT2D eigenvalue weighted by atomic mass is 19.1. The standard InChI is InChI=1S/C14H13FO3/c1-16-10-3-5-11(6-4-10)18-14-9-12(17-2)7-8-13(14)15/h3-9H,1-2H3. The van der Waals surface area contributed by atoms with Crippen LogP contribution in [0.2, 0.25) is 0 Å². The van der Waals surface area contributed by atoms with Crippen molar-refractivity contribution in [2.75, 3.05) is 14.2 Å². The Bertz CT molecular complexity index is 523. The van der Waals surface area contributed by atoms with E-state index in [9.17, 15) is 4.39 Å². The van der Waals surface area contributed by atoms with Crippen molar-refractivity contribution >= 4 is 0 Å². The van der Waals surface area contributed by atoms with Gasteiger partial charge in [0, 0.05) is 6.07 Å². The highest BCUT2D eigenvalue weighted by Gasteiger charge is 2.06. The molecular weight excluding hydrogens is 235 g/mol. The monoisotopic (exact) mass is 248 g/mol. The molecule has 0 spiro atoms. The molecule has 0 saturated heterocycles. The molecule has 0 N–H and O–H groups in total. The Kier molecular flexibility index (Phi) is 3.67. The van der Waals surface area contributed by atoms with Gasteiger partial charge in [-0.3, -0.25) is 0 Å². The fourth-order valence-corrected chi connectivity index (χ4v) is 1.46. The number of methoxy groups -OCH3 is 2. The highest BCUT2D eigenvalue weighted by Crippen LogP contribution is 2.29. The molecule has 0 bridgehead atoms. The van der Waals surface area contributed by atoms with E-state index in [4.69, 9.17) is 14.2 Å². The van der Waals surface area contributed by atoms with Gasteiger partial charge in [0.25, 0.3) is 0 Å². The first-order chi connectivity index (χ1) is 8.72. The van der Waals surface area contributed by atoms with Gasteiger partial charge in [0.15, 0.2) is 11.6 Å². The van der Waals surface area contributed by atoms with Crippen molar-refractivity contribution in [1.29, 1.82) is 0 Å². The zero-order valence-electron chi connectivity index (χ0n) is 10.1. The molecule has 0 aliphatic heterocycles. The molecule has 0 aliphatic carbocycles. The smallest absolute Gasteiger partial charge is 0.166 e. The van der Waals surface area contributed by atoms with Crippen LogP contribution in [-0.4, -0.2) is 14.2 Å². The number of hydrogen-bond donors (Lipinski definition) is 0. The van der Waals surface area contributed by atoms with E-state index in [1.54, 1.807) is 31.4 Å². The summed E-state index contributed by atoms with van der Waals surface area (Å²) in [6.45, 7) is 0. The van der Waals surface area contributed by atoms with Gasteiger partial charge in [-0.05, 0) is 36.4 Å². The van der Waals surface area contributed by atoms with Crippen LogP contribution in [0.25, 0.3) is 0 Å². The van der Waals surface area contributed by atoms with E-state index in [-0.39, 0.29) is 5.75 Å². The second-order valence-electron chi connectivity index (χ2n) is 3.57. The van der Waals surface area contributed by atoms with Gasteiger partial charge < -0.3 is 14.2 Å². The van der Waals surface area contributed by atoms with E-state index >= 15 is 0 Å². The Labute approximate surface area is 105 Å². The van der Waals surface area contributed by atoms with Gasteiger partial charge >= 0.3 is 0 Å². The summed E-state index contributed by atoms with van der Waals surface area (Å²) in [7, 11) is 3.10. The van der Waals surface area contributed by atoms with Crippen molar-refractivity contribution in [3.8, 4) is 23.0 Å². The number of rotatable bonds is 4. The van der Waals surface area contributed by atoms with Crippen LogP contribution in [0.3, 0.4) is 0 Å². The first kappa shape index (κ1) is 12.2. The average molecular weight is 248 g/mol. The summed E-state index contributed by atoms with van der Waals surface area (Å²) in [6.07, 6.45) is 0. The predicted octanol–water partition coefficient (Wildman–Crippen LogP) is 3.64. The number of benzene rings is 2. The number of ether oxygens (including phenoxy) is 3. The van der Waals surface area contributed by atoms with Crippen molar-refractivity contribution < 1.29 is 18.6 Å². The van der Waals surface area contributed by atoms with Gasteiger partial charge in [-0.15, -0.1) is 0 Å². The van der Waals surface area contributed by atoms with E-state index in [0.29, 0.717) is 17.2 Å². The van der Waals surface area contributed by atoms with Crippen LogP contribution in [0.4, 0.5) is 4.39 Å². The fraction of sp³-hybridized carbons (Fsp3) is 0.143. The minimum atomic E-state index is -0.438. The summed E-state index contributed by atoms with van der Waals surface area (Å²) in [6, 6.07) is 11.2. The van der Waals surface area contributed by atoms with E-state index in [0.717, 1.165) is 0 Å². The molecule has 2 rings (SSSR count). The van der Waals surface area contributed by atoms with Gasteiger partial charge in [-0.25, -0.2) is 4.39 Å². The molecule has 0 aromatic heterocycles. The van der Waals surface area contributed by atoms with Crippen LogP contribution in [-0.2, 0) is 0 Å². The summed E-state index contributed by atoms with van der Waals surface area (Å²) in [4.78, 5) is 0. The van der Waals surface area contributed by atoms with E-state index in [1.165, 1.54) is 25.3 Å². The maximum absolute atomic E-state index is 13.5. The maximum atomic E-state index is 13.5. The summed E-state index contributed by atoms with van der Waals surface area (Å²) in [5.41, 5.74) is 0.